The summed E-state index contributed by atoms with van der Waals surface area (Å²) in [5, 5.41) is 6.83. The van der Waals surface area contributed by atoms with Crippen LogP contribution in [-0.4, -0.2) is 34.4 Å². The average Bonchev–Trinajstić information content (AvgIpc) is 3.20. The van der Waals surface area contributed by atoms with Crippen LogP contribution in [0.15, 0.2) is 55.0 Å². The van der Waals surface area contributed by atoms with Crippen molar-refractivity contribution in [2.75, 3.05) is 7.11 Å². The normalized spacial score (nSPS) is 10.7. The summed E-state index contributed by atoms with van der Waals surface area (Å²) in [4.78, 5) is 16.6. The maximum Gasteiger partial charge on any atom is 0.387 e. The Bertz CT molecular complexity index is 917. The number of halogens is 2. The fourth-order valence-electron chi connectivity index (χ4n) is 2.39. The number of amides is 1. The number of rotatable bonds is 7. The summed E-state index contributed by atoms with van der Waals surface area (Å²) in [6.45, 7) is -2.79. The van der Waals surface area contributed by atoms with Crippen molar-refractivity contribution < 1.29 is 23.0 Å². The molecule has 0 atom stereocenters. The second kappa shape index (κ2) is 8.26. The molecule has 9 heteroatoms. The van der Waals surface area contributed by atoms with Crippen LogP contribution in [0.3, 0.4) is 0 Å². The molecule has 1 N–H and O–H groups in total. The molecule has 2 aromatic heterocycles. The molecule has 0 saturated heterocycles. The molecule has 0 aliphatic heterocycles. The summed E-state index contributed by atoms with van der Waals surface area (Å²) in [6.07, 6.45) is 5.01. The number of carbonyl (C=O) groups excluding carboxylic acids is 1. The van der Waals surface area contributed by atoms with Gasteiger partial charge < -0.3 is 14.8 Å². The van der Waals surface area contributed by atoms with Crippen LogP contribution in [0.1, 0.15) is 15.9 Å². The SMILES string of the molecule is COc1ccc(C(=O)NCc2ccnc(-n3cccn3)c2)cc1OC(F)F. The fourth-order valence-corrected chi connectivity index (χ4v) is 2.39. The Morgan fingerprint density at radius 1 is 1.22 bits per heavy atom. The first kappa shape index (κ1) is 18.3. The summed E-state index contributed by atoms with van der Waals surface area (Å²) in [6, 6.07) is 9.39. The summed E-state index contributed by atoms with van der Waals surface area (Å²) >= 11 is 0. The lowest BCUT2D eigenvalue weighted by atomic mass is 10.1. The lowest BCUT2D eigenvalue weighted by molar-refractivity contribution is -0.0512. The van der Waals surface area contributed by atoms with Gasteiger partial charge in [-0.15, -0.1) is 0 Å². The van der Waals surface area contributed by atoms with Gasteiger partial charge >= 0.3 is 6.61 Å². The number of ether oxygens (including phenoxy) is 2. The molecule has 0 aliphatic rings. The van der Waals surface area contributed by atoms with E-state index in [-0.39, 0.29) is 23.6 Å². The molecule has 0 spiro atoms. The zero-order chi connectivity index (χ0) is 19.2. The quantitative estimate of drug-likeness (QED) is 0.688. The second-order valence-corrected chi connectivity index (χ2v) is 5.40. The van der Waals surface area contributed by atoms with E-state index in [1.54, 1.807) is 41.5 Å². The largest absolute Gasteiger partial charge is 0.493 e. The lowest BCUT2D eigenvalue weighted by Gasteiger charge is -2.12. The average molecular weight is 374 g/mol. The molecule has 7 nitrogen and oxygen atoms in total. The summed E-state index contributed by atoms with van der Waals surface area (Å²) in [5.74, 6) is 0.0907. The van der Waals surface area contributed by atoms with E-state index in [9.17, 15) is 13.6 Å². The van der Waals surface area contributed by atoms with Gasteiger partial charge in [0, 0.05) is 30.7 Å². The highest BCUT2D eigenvalue weighted by Gasteiger charge is 2.14. The first-order valence-electron chi connectivity index (χ1n) is 7.93. The van der Waals surface area contributed by atoms with Crippen LogP contribution >= 0.6 is 0 Å². The van der Waals surface area contributed by atoms with Gasteiger partial charge in [0.2, 0.25) is 0 Å². The molecule has 2 heterocycles. The number of pyridine rings is 1. The smallest absolute Gasteiger partial charge is 0.387 e. The number of benzene rings is 1. The van der Waals surface area contributed by atoms with E-state index < -0.39 is 12.5 Å². The minimum absolute atomic E-state index is 0.116. The van der Waals surface area contributed by atoms with E-state index in [1.807, 2.05) is 0 Å². The Labute approximate surface area is 153 Å². The standard InChI is InChI=1S/C18H16F2N4O3/c1-26-14-4-3-13(10-15(14)27-18(19)20)17(25)22-11-12-5-7-21-16(9-12)24-8-2-6-23-24/h2-10,18H,11H2,1H3,(H,22,25). The van der Waals surface area contributed by atoms with Gasteiger partial charge in [0.25, 0.3) is 5.91 Å². The molecule has 3 aromatic rings. The lowest BCUT2D eigenvalue weighted by Crippen LogP contribution is -2.23. The number of alkyl halides is 2. The molecule has 140 valence electrons. The third-order valence-electron chi connectivity index (χ3n) is 3.64. The van der Waals surface area contributed by atoms with Crippen LogP contribution in [0.4, 0.5) is 8.78 Å². The highest BCUT2D eigenvalue weighted by Crippen LogP contribution is 2.29. The van der Waals surface area contributed by atoms with Crippen molar-refractivity contribution in [3.05, 3.63) is 66.1 Å². The number of methoxy groups -OCH3 is 1. The number of aromatic nitrogens is 3. The molecule has 1 amide bonds. The molecule has 27 heavy (non-hydrogen) atoms. The van der Waals surface area contributed by atoms with Gasteiger partial charge in [-0.05, 0) is 42.0 Å². The number of carbonyl (C=O) groups is 1. The van der Waals surface area contributed by atoms with Gasteiger partial charge in [0.1, 0.15) is 0 Å². The number of nitrogens with zero attached hydrogens (tertiary/aromatic N) is 3. The Hall–Kier alpha value is -3.49. The van der Waals surface area contributed by atoms with Crippen LogP contribution < -0.4 is 14.8 Å². The topological polar surface area (TPSA) is 78.3 Å². The zero-order valence-electron chi connectivity index (χ0n) is 14.3. The molecule has 0 bridgehead atoms. The minimum atomic E-state index is -3.02. The van der Waals surface area contributed by atoms with Crippen molar-refractivity contribution >= 4 is 5.91 Å². The maximum absolute atomic E-state index is 12.5. The molecule has 0 unspecified atom stereocenters. The van der Waals surface area contributed by atoms with Crippen LogP contribution in [0.25, 0.3) is 5.82 Å². The van der Waals surface area contributed by atoms with Crippen molar-refractivity contribution in [3.63, 3.8) is 0 Å². The van der Waals surface area contributed by atoms with Gasteiger partial charge in [-0.3, -0.25) is 4.79 Å². The monoisotopic (exact) mass is 374 g/mol. The third kappa shape index (κ3) is 4.57. The molecule has 0 aliphatic carbocycles. The van der Waals surface area contributed by atoms with Gasteiger partial charge in [-0.2, -0.15) is 13.9 Å². The van der Waals surface area contributed by atoms with Gasteiger partial charge in [-0.25, -0.2) is 9.67 Å². The van der Waals surface area contributed by atoms with Crippen LogP contribution in [0.2, 0.25) is 0 Å². The van der Waals surface area contributed by atoms with E-state index in [4.69, 9.17) is 4.74 Å². The molecular weight excluding hydrogens is 358 g/mol. The molecule has 3 rings (SSSR count). The Morgan fingerprint density at radius 3 is 2.78 bits per heavy atom. The molecule has 1 aromatic carbocycles. The van der Waals surface area contributed by atoms with E-state index in [0.717, 1.165) is 5.56 Å². The van der Waals surface area contributed by atoms with Crippen molar-refractivity contribution in [3.8, 4) is 17.3 Å². The van der Waals surface area contributed by atoms with Crippen molar-refractivity contribution in [1.29, 1.82) is 0 Å². The predicted octanol–water partition coefficient (Wildman–Crippen LogP) is 2.81. The predicted molar refractivity (Wildman–Crippen MR) is 92.2 cm³/mol. The summed E-state index contributed by atoms with van der Waals surface area (Å²) in [5.41, 5.74) is 0.981. The second-order valence-electron chi connectivity index (χ2n) is 5.40. The Kier molecular flexibility index (Phi) is 5.60. The number of hydrogen-bond donors (Lipinski definition) is 1. The molecular formula is C18H16F2N4O3. The van der Waals surface area contributed by atoms with Crippen molar-refractivity contribution in [1.82, 2.24) is 20.1 Å². The van der Waals surface area contributed by atoms with Gasteiger partial charge in [0.15, 0.2) is 17.3 Å². The fraction of sp³-hybridized carbons (Fsp3) is 0.167. The van der Waals surface area contributed by atoms with Gasteiger partial charge in [-0.1, -0.05) is 0 Å². The third-order valence-corrected chi connectivity index (χ3v) is 3.64. The van der Waals surface area contributed by atoms with E-state index in [2.05, 4.69) is 20.1 Å². The zero-order valence-corrected chi connectivity index (χ0v) is 14.3. The first-order chi connectivity index (χ1) is 13.1. The highest BCUT2D eigenvalue weighted by atomic mass is 19.3. The van der Waals surface area contributed by atoms with Gasteiger partial charge in [0.05, 0.1) is 7.11 Å². The van der Waals surface area contributed by atoms with E-state index in [0.29, 0.717) is 5.82 Å². The maximum atomic E-state index is 12.5. The molecule has 0 saturated carbocycles. The molecule has 0 fully saturated rings. The van der Waals surface area contributed by atoms with Crippen LogP contribution in [0, 0.1) is 0 Å². The molecule has 0 radical (unpaired) electrons. The van der Waals surface area contributed by atoms with Crippen molar-refractivity contribution in [2.45, 2.75) is 13.2 Å². The van der Waals surface area contributed by atoms with Crippen LogP contribution in [0.5, 0.6) is 11.5 Å². The minimum Gasteiger partial charge on any atom is -0.493 e. The highest BCUT2D eigenvalue weighted by molar-refractivity contribution is 5.94. The van der Waals surface area contributed by atoms with Crippen molar-refractivity contribution in [2.24, 2.45) is 0 Å². The van der Waals surface area contributed by atoms with E-state index >= 15 is 0 Å². The van der Waals surface area contributed by atoms with E-state index in [1.165, 1.54) is 25.3 Å². The summed E-state index contributed by atoms with van der Waals surface area (Å²) < 4.78 is 35.9. The Balaban J connectivity index is 1.70. The van der Waals surface area contributed by atoms with Crippen LogP contribution in [-0.2, 0) is 6.54 Å². The summed E-state index contributed by atoms with van der Waals surface area (Å²) in [7, 11) is 1.33. The number of hydrogen-bond acceptors (Lipinski definition) is 5. The first-order valence-corrected chi connectivity index (χ1v) is 7.93. The Morgan fingerprint density at radius 2 is 2.07 bits per heavy atom. The number of nitrogens with one attached hydrogen (secondary N) is 1.